The minimum absolute atomic E-state index is 0.0695. The molecule has 0 aliphatic carbocycles. The normalized spacial score (nSPS) is 11.7. The van der Waals surface area contributed by atoms with Crippen molar-refractivity contribution < 1.29 is 13.2 Å². The molecular formula is C21H19ClN4O3S2. The number of primary sulfonamides is 1. The van der Waals surface area contributed by atoms with Crippen LogP contribution < -0.4 is 10.5 Å². The number of hydrogen-bond donors (Lipinski definition) is 2. The zero-order valence-corrected chi connectivity index (χ0v) is 18.7. The number of rotatable bonds is 7. The molecule has 2 aromatic carbocycles. The topological polar surface area (TPSA) is 107 Å². The Hall–Kier alpha value is -2.72. The summed E-state index contributed by atoms with van der Waals surface area (Å²) in [6.45, 7) is 0.445. The summed E-state index contributed by atoms with van der Waals surface area (Å²) < 4.78 is 24.5. The highest BCUT2D eigenvalue weighted by Gasteiger charge is 2.13. The van der Waals surface area contributed by atoms with Crippen molar-refractivity contribution in [1.29, 1.82) is 0 Å². The number of nitrogens with zero attached hydrogens (tertiary/aromatic N) is 2. The summed E-state index contributed by atoms with van der Waals surface area (Å²) in [5.41, 5.74) is 3.56. The van der Waals surface area contributed by atoms with E-state index in [0.29, 0.717) is 18.0 Å². The van der Waals surface area contributed by atoms with Crippen molar-refractivity contribution in [3.05, 3.63) is 76.4 Å². The van der Waals surface area contributed by atoms with Crippen LogP contribution in [0.5, 0.6) is 0 Å². The van der Waals surface area contributed by atoms with Gasteiger partial charge in [-0.2, -0.15) is 0 Å². The van der Waals surface area contributed by atoms with Crippen molar-refractivity contribution in [3.8, 4) is 11.3 Å². The first-order valence-electron chi connectivity index (χ1n) is 9.39. The number of carbonyl (C=O) groups excluding carboxylic acids is 1. The van der Waals surface area contributed by atoms with Gasteiger partial charge in [0.05, 0.1) is 17.0 Å². The van der Waals surface area contributed by atoms with Crippen LogP contribution in [0.2, 0.25) is 5.02 Å². The summed E-state index contributed by atoms with van der Waals surface area (Å²) in [5, 5.41) is 10.6. The molecule has 0 unspecified atom stereocenters. The number of nitrogens with two attached hydrogens (primary N) is 1. The number of hydrogen-bond acceptors (Lipinski definition) is 5. The Bertz CT molecular complexity index is 1330. The Kier molecular flexibility index (Phi) is 6.10. The van der Waals surface area contributed by atoms with Crippen LogP contribution in [0.3, 0.4) is 0 Å². The maximum absolute atomic E-state index is 12.4. The third kappa shape index (κ3) is 5.13. The fraction of sp³-hybridized carbons (Fsp3) is 0.143. The Balaban J connectivity index is 1.36. The van der Waals surface area contributed by atoms with Crippen molar-refractivity contribution in [2.75, 3.05) is 6.54 Å². The zero-order chi connectivity index (χ0) is 22.0. The van der Waals surface area contributed by atoms with E-state index in [9.17, 15) is 13.2 Å². The van der Waals surface area contributed by atoms with Gasteiger partial charge in [0.2, 0.25) is 15.9 Å². The molecule has 0 bridgehead atoms. The molecule has 0 spiro atoms. The molecule has 0 atom stereocenters. The van der Waals surface area contributed by atoms with Gasteiger partial charge in [-0.15, -0.1) is 11.3 Å². The van der Waals surface area contributed by atoms with Gasteiger partial charge >= 0.3 is 0 Å². The molecule has 0 aliphatic rings. The van der Waals surface area contributed by atoms with E-state index in [1.54, 1.807) is 12.1 Å². The lowest BCUT2D eigenvalue weighted by Gasteiger charge is -2.06. The summed E-state index contributed by atoms with van der Waals surface area (Å²) in [5.74, 6) is -0.0948. The van der Waals surface area contributed by atoms with Gasteiger partial charge in [-0.3, -0.25) is 9.20 Å². The summed E-state index contributed by atoms with van der Waals surface area (Å²) in [6, 6.07) is 13.8. The molecule has 0 saturated heterocycles. The molecule has 1 amide bonds. The van der Waals surface area contributed by atoms with Gasteiger partial charge in [0.1, 0.15) is 0 Å². The fourth-order valence-corrected chi connectivity index (χ4v) is 4.65. The predicted molar refractivity (Wildman–Crippen MR) is 122 cm³/mol. The summed E-state index contributed by atoms with van der Waals surface area (Å²) in [7, 11) is -3.70. The van der Waals surface area contributed by atoms with Gasteiger partial charge in [0, 0.05) is 34.4 Å². The van der Waals surface area contributed by atoms with E-state index in [4.69, 9.17) is 16.7 Å². The van der Waals surface area contributed by atoms with E-state index in [-0.39, 0.29) is 17.2 Å². The Morgan fingerprint density at radius 3 is 2.52 bits per heavy atom. The quantitative estimate of drug-likeness (QED) is 0.428. The van der Waals surface area contributed by atoms with Crippen molar-refractivity contribution in [3.63, 3.8) is 0 Å². The minimum atomic E-state index is -3.70. The molecule has 0 radical (unpaired) electrons. The van der Waals surface area contributed by atoms with E-state index < -0.39 is 10.0 Å². The number of thiazole rings is 1. The largest absolute Gasteiger partial charge is 0.355 e. The van der Waals surface area contributed by atoms with E-state index in [2.05, 4.69) is 10.3 Å². The average Bonchev–Trinajstić information content (AvgIpc) is 3.30. The van der Waals surface area contributed by atoms with E-state index in [1.165, 1.54) is 23.5 Å². The minimum Gasteiger partial charge on any atom is -0.355 e. The van der Waals surface area contributed by atoms with Crippen LogP contribution >= 0.6 is 22.9 Å². The van der Waals surface area contributed by atoms with Crippen LogP contribution in [0.15, 0.2) is 65.0 Å². The van der Waals surface area contributed by atoms with Crippen LogP contribution in [0.25, 0.3) is 16.2 Å². The Labute approximate surface area is 188 Å². The summed E-state index contributed by atoms with van der Waals surface area (Å²) in [6.07, 6.45) is 2.74. The number of benzene rings is 2. The number of imidazole rings is 1. The Morgan fingerprint density at radius 1 is 1.13 bits per heavy atom. The van der Waals surface area contributed by atoms with Crippen molar-refractivity contribution in [2.24, 2.45) is 5.14 Å². The molecule has 2 aromatic heterocycles. The highest BCUT2D eigenvalue weighted by molar-refractivity contribution is 7.89. The molecular weight excluding hydrogens is 456 g/mol. The van der Waals surface area contributed by atoms with E-state index in [0.717, 1.165) is 27.5 Å². The number of halogens is 1. The molecule has 0 fully saturated rings. The van der Waals surface area contributed by atoms with Crippen LogP contribution in [-0.2, 0) is 27.7 Å². The SMILES string of the molecule is NS(=O)(=O)c1ccc(CCNC(=O)Cc2csc3nc(-c4ccc(Cl)cc4)cn23)cc1. The van der Waals surface area contributed by atoms with Crippen LogP contribution in [0.1, 0.15) is 11.3 Å². The standard InChI is InChI=1S/C21H19ClN4O3S2/c22-16-5-3-15(4-6-16)19-12-26-17(13-30-21(26)25-19)11-20(27)24-10-9-14-1-7-18(8-2-14)31(23,28)29/h1-8,12-13H,9-11H2,(H,24,27)(H2,23,28,29). The van der Waals surface area contributed by atoms with Gasteiger partial charge in [-0.25, -0.2) is 18.5 Å². The third-order valence-corrected chi connectivity index (χ3v) is 6.82. The van der Waals surface area contributed by atoms with Crippen molar-refractivity contribution in [2.45, 2.75) is 17.7 Å². The van der Waals surface area contributed by atoms with Gasteiger partial charge in [-0.05, 0) is 36.2 Å². The first-order chi connectivity index (χ1) is 14.8. The van der Waals surface area contributed by atoms with Gasteiger partial charge < -0.3 is 5.32 Å². The molecule has 4 rings (SSSR count). The number of sulfonamides is 1. The Morgan fingerprint density at radius 2 is 1.84 bits per heavy atom. The molecule has 3 N–H and O–H groups in total. The lowest BCUT2D eigenvalue weighted by atomic mass is 10.1. The molecule has 0 aliphatic heterocycles. The monoisotopic (exact) mass is 474 g/mol. The number of carbonyl (C=O) groups is 1. The van der Waals surface area contributed by atoms with Crippen molar-refractivity contribution in [1.82, 2.24) is 14.7 Å². The molecule has 31 heavy (non-hydrogen) atoms. The van der Waals surface area contributed by atoms with Crippen molar-refractivity contribution >= 4 is 43.8 Å². The molecule has 160 valence electrons. The average molecular weight is 475 g/mol. The number of aromatic nitrogens is 2. The lowest BCUT2D eigenvalue weighted by Crippen LogP contribution is -2.27. The first-order valence-corrected chi connectivity index (χ1v) is 12.2. The van der Waals surface area contributed by atoms with Crippen LogP contribution in [-0.4, -0.2) is 30.3 Å². The molecule has 2 heterocycles. The summed E-state index contributed by atoms with van der Waals surface area (Å²) >= 11 is 7.43. The first kappa shape index (κ1) is 21.5. The molecule has 10 heteroatoms. The van der Waals surface area contributed by atoms with Crippen LogP contribution in [0.4, 0.5) is 0 Å². The number of amides is 1. The zero-order valence-electron chi connectivity index (χ0n) is 16.3. The van der Waals surface area contributed by atoms with Gasteiger partial charge in [0.25, 0.3) is 0 Å². The number of nitrogens with one attached hydrogen (secondary N) is 1. The second-order valence-corrected chi connectivity index (χ2v) is 9.81. The summed E-state index contributed by atoms with van der Waals surface area (Å²) in [4.78, 5) is 17.9. The second-order valence-electron chi connectivity index (χ2n) is 6.98. The van der Waals surface area contributed by atoms with Gasteiger partial charge in [0.15, 0.2) is 4.96 Å². The maximum Gasteiger partial charge on any atom is 0.238 e. The van der Waals surface area contributed by atoms with Gasteiger partial charge in [-0.1, -0.05) is 35.9 Å². The van der Waals surface area contributed by atoms with E-state index >= 15 is 0 Å². The third-order valence-electron chi connectivity index (χ3n) is 4.75. The smallest absolute Gasteiger partial charge is 0.238 e. The van der Waals surface area contributed by atoms with E-state index in [1.807, 2.05) is 40.2 Å². The number of fused-ring (bicyclic) bond motifs is 1. The van der Waals surface area contributed by atoms with Crippen LogP contribution in [0, 0.1) is 0 Å². The second kappa shape index (κ2) is 8.80. The lowest BCUT2D eigenvalue weighted by molar-refractivity contribution is -0.120. The molecule has 4 aromatic rings. The fourth-order valence-electron chi connectivity index (χ4n) is 3.14. The maximum atomic E-state index is 12.4. The highest BCUT2D eigenvalue weighted by Crippen LogP contribution is 2.25. The molecule has 7 nitrogen and oxygen atoms in total. The predicted octanol–water partition coefficient (Wildman–Crippen LogP) is 3.27. The molecule has 0 saturated carbocycles. The highest BCUT2D eigenvalue weighted by atomic mass is 35.5.